The van der Waals surface area contributed by atoms with Crippen LogP contribution < -0.4 is 0 Å². The molecule has 0 rings (SSSR count). The molecule has 2 N–H and O–H groups in total. The maximum absolute atomic E-state index is 11.3. The molecule has 116 valence electrons. The number of hydrogen-bond acceptors (Lipinski definition) is 2. The predicted octanol–water partition coefficient (Wildman–Crippen LogP) is 3.02. The van der Waals surface area contributed by atoms with Crippen LogP contribution in [0.15, 0.2) is 0 Å². The molecule has 0 aromatic heterocycles. The molecule has 0 atom stereocenters. The quantitative estimate of drug-likeness (QED) is 0.349. The molecular formula is C15H30MgO4. The van der Waals surface area contributed by atoms with E-state index in [9.17, 15) is 19.8 Å². The highest BCUT2D eigenvalue weighted by Gasteiger charge is 2.48. The van der Waals surface area contributed by atoms with E-state index in [0.29, 0.717) is 6.42 Å². The summed E-state index contributed by atoms with van der Waals surface area (Å²) in [7, 11) is 0. The first-order valence-corrected chi connectivity index (χ1v) is 7.36. The third kappa shape index (κ3) is 6.44. The molecule has 0 saturated carbocycles. The van der Waals surface area contributed by atoms with Crippen LogP contribution in [0.3, 0.4) is 0 Å². The average Bonchev–Trinajstić information content (AvgIpc) is 2.31. The van der Waals surface area contributed by atoms with Crippen molar-refractivity contribution in [2.45, 2.75) is 72.1 Å². The van der Waals surface area contributed by atoms with Crippen LogP contribution in [-0.2, 0) is 9.59 Å². The van der Waals surface area contributed by atoms with Crippen molar-refractivity contribution >= 4 is 35.0 Å². The van der Waals surface area contributed by atoms with E-state index in [1.165, 1.54) is 19.3 Å². The second-order valence-electron chi connectivity index (χ2n) is 5.61. The summed E-state index contributed by atoms with van der Waals surface area (Å²) in [5, 5.41) is 18.5. The largest absolute Gasteiger partial charge is 0.480 e. The fourth-order valence-electron chi connectivity index (χ4n) is 2.45. The van der Waals surface area contributed by atoms with Crippen molar-refractivity contribution in [3.63, 3.8) is 0 Å². The Morgan fingerprint density at radius 2 is 1.30 bits per heavy atom. The molecular weight excluding hydrogens is 268 g/mol. The van der Waals surface area contributed by atoms with E-state index in [2.05, 4.69) is 6.92 Å². The van der Waals surface area contributed by atoms with Gasteiger partial charge in [0.05, 0.1) is 0 Å². The van der Waals surface area contributed by atoms with Gasteiger partial charge in [-0.25, -0.2) is 0 Å². The SMILES string of the molecule is CCCCCCCCCC(C(=O)O)(C(=O)O)C(C)C.[MgH2]. The third-order valence-corrected chi connectivity index (χ3v) is 3.92. The van der Waals surface area contributed by atoms with Crippen LogP contribution in [-0.4, -0.2) is 45.2 Å². The smallest absolute Gasteiger partial charge is 0.321 e. The van der Waals surface area contributed by atoms with Crippen molar-refractivity contribution in [2.75, 3.05) is 0 Å². The van der Waals surface area contributed by atoms with Crippen LogP contribution in [0, 0.1) is 11.3 Å². The van der Waals surface area contributed by atoms with Crippen molar-refractivity contribution in [1.82, 2.24) is 0 Å². The maximum atomic E-state index is 11.3. The number of carboxylic acid groups (broad SMARTS) is 2. The molecule has 0 aromatic rings. The molecule has 0 aliphatic rings. The summed E-state index contributed by atoms with van der Waals surface area (Å²) in [5.41, 5.74) is -1.62. The Balaban J connectivity index is 0. The van der Waals surface area contributed by atoms with Gasteiger partial charge in [0.25, 0.3) is 0 Å². The zero-order valence-corrected chi connectivity index (χ0v) is 12.4. The molecule has 0 unspecified atom stereocenters. The van der Waals surface area contributed by atoms with Gasteiger partial charge in [-0.2, -0.15) is 0 Å². The first kappa shape index (κ1) is 22.0. The van der Waals surface area contributed by atoms with Crippen molar-refractivity contribution in [2.24, 2.45) is 11.3 Å². The number of rotatable bonds is 11. The second kappa shape index (κ2) is 11.4. The molecule has 0 aliphatic carbocycles. The average molecular weight is 299 g/mol. The lowest BCUT2D eigenvalue weighted by Crippen LogP contribution is -2.43. The highest BCUT2D eigenvalue weighted by atomic mass is 24.3. The second-order valence-corrected chi connectivity index (χ2v) is 5.61. The summed E-state index contributed by atoms with van der Waals surface area (Å²) in [4.78, 5) is 22.7. The van der Waals surface area contributed by atoms with E-state index in [-0.39, 0.29) is 29.5 Å². The highest BCUT2D eigenvalue weighted by molar-refractivity contribution is 5.98. The minimum Gasteiger partial charge on any atom is -0.480 e. The van der Waals surface area contributed by atoms with Crippen LogP contribution in [0.2, 0.25) is 0 Å². The van der Waals surface area contributed by atoms with E-state index >= 15 is 0 Å². The van der Waals surface area contributed by atoms with E-state index in [4.69, 9.17) is 0 Å². The summed E-state index contributed by atoms with van der Waals surface area (Å²) in [5.74, 6) is -2.82. The van der Waals surface area contributed by atoms with E-state index in [0.717, 1.165) is 19.3 Å². The summed E-state index contributed by atoms with van der Waals surface area (Å²) < 4.78 is 0. The van der Waals surface area contributed by atoms with E-state index < -0.39 is 23.3 Å². The van der Waals surface area contributed by atoms with Gasteiger partial charge < -0.3 is 10.2 Å². The lowest BCUT2D eigenvalue weighted by atomic mass is 9.73. The normalized spacial score (nSPS) is 11.2. The van der Waals surface area contributed by atoms with Crippen LogP contribution in [0.1, 0.15) is 72.1 Å². The first-order valence-electron chi connectivity index (χ1n) is 7.36. The standard InChI is InChI=1S/C15H28O4.Mg.2H/c1-4-5-6-7-8-9-10-11-15(12(2)3,13(16)17)14(18)19;;;/h12H,4-11H2,1-3H3,(H,16,17)(H,18,19);;;. The van der Waals surface area contributed by atoms with Crippen LogP contribution in [0.25, 0.3) is 0 Å². The molecule has 5 heteroatoms. The van der Waals surface area contributed by atoms with Crippen molar-refractivity contribution in [1.29, 1.82) is 0 Å². The van der Waals surface area contributed by atoms with Crippen LogP contribution >= 0.6 is 0 Å². The summed E-state index contributed by atoms with van der Waals surface area (Å²) in [6, 6.07) is 0. The van der Waals surface area contributed by atoms with Gasteiger partial charge >= 0.3 is 35.0 Å². The minimum absolute atomic E-state index is 0. The Bertz CT molecular complexity index is 276. The Morgan fingerprint density at radius 3 is 1.65 bits per heavy atom. The van der Waals surface area contributed by atoms with E-state index in [1.54, 1.807) is 13.8 Å². The van der Waals surface area contributed by atoms with Gasteiger partial charge in [-0.1, -0.05) is 65.7 Å². The minimum atomic E-state index is -1.62. The first-order chi connectivity index (χ1) is 8.89. The van der Waals surface area contributed by atoms with Crippen LogP contribution in [0.5, 0.6) is 0 Å². The van der Waals surface area contributed by atoms with E-state index in [1.807, 2.05) is 0 Å². The number of hydrogen-bond donors (Lipinski definition) is 2. The number of carboxylic acids is 2. The molecule has 0 aliphatic heterocycles. The van der Waals surface area contributed by atoms with Crippen molar-refractivity contribution < 1.29 is 19.8 Å². The molecule has 0 spiro atoms. The Hall–Kier alpha value is -0.294. The Labute approximate surface area is 138 Å². The lowest BCUT2D eigenvalue weighted by Gasteiger charge is -2.28. The molecule has 0 heterocycles. The molecule has 0 radical (unpaired) electrons. The van der Waals surface area contributed by atoms with Gasteiger partial charge in [-0.05, 0) is 12.3 Å². The van der Waals surface area contributed by atoms with Crippen molar-refractivity contribution in [3.05, 3.63) is 0 Å². The fraction of sp³-hybridized carbons (Fsp3) is 0.867. The summed E-state index contributed by atoms with van der Waals surface area (Å²) in [6.45, 7) is 5.50. The highest BCUT2D eigenvalue weighted by Crippen LogP contribution is 2.34. The van der Waals surface area contributed by atoms with Crippen LogP contribution in [0.4, 0.5) is 0 Å². The zero-order valence-electron chi connectivity index (χ0n) is 12.4. The molecule has 4 nitrogen and oxygen atoms in total. The molecule has 0 aromatic carbocycles. The fourth-order valence-corrected chi connectivity index (χ4v) is 2.45. The molecule has 0 fully saturated rings. The predicted molar refractivity (Wildman–Crippen MR) is 83.7 cm³/mol. The van der Waals surface area contributed by atoms with Gasteiger partial charge in [0.15, 0.2) is 5.41 Å². The Kier molecular flexibility index (Phi) is 12.5. The third-order valence-electron chi connectivity index (χ3n) is 3.92. The monoisotopic (exact) mass is 298 g/mol. The summed E-state index contributed by atoms with van der Waals surface area (Å²) in [6.07, 6.45) is 7.68. The molecule has 0 amide bonds. The number of aliphatic carboxylic acids is 2. The zero-order chi connectivity index (χ0) is 14.9. The molecule has 20 heavy (non-hydrogen) atoms. The molecule has 0 bridgehead atoms. The van der Waals surface area contributed by atoms with Gasteiger partial charge in [0, 0.05) is 0 Å². The Morgan fingerprint density at radius 1 is 0.900 bits per heavy atom. The lowest BCUT2D eigenvalue weighted by molar-refractivity contribution is -0.169. The number of unbranched alkanes of at least 4 members (excludes halogenated alkanes) is 6. The van der Waals surface area contributed by atoms with Gasteiger partial charge in [0.1, 0.15) is 0 Å². The van der Waals surface area contributed by atoms with Gasteiger partial charge in [-0.3, -0.25) is 9.59 Å². The van der Waals surface area contributed by atoms with Gasteiger partial charge in [0.2, 0.25) is 0 Å². The number of carbonyl (C=O) groups is 2. The summed E-state index contributed by atoms with van der Waals surface area (Å²) >= 11 is 0. The van der Waals surface area contributed by atoms with Crippen molar-refractivity contribution in [3.8, 4) is 0 Å². The topological polar surface area (TPSA) is 74.6 Å². The van der Waals surface area contributed by atoms with Gasteiger partial charge in [-0.15, -0.1) is 0 Å². The molecule has 0 saturated heterocycles. The maximum Gasteiger partial charge on any atom is 0.321 e.